The Bertz CT molecular complexity index is 577. The second-order valence-electron chi connectivity index (χ2n) is 5.51. The molecule has 0 unspecified atom stereocenters. The van der Waals surface area contributed by atoms with E-state index in [0.29, 0.717) is 6.54 Å². The van der Waals surface area contributed by atoms with E-state index in [1.165, 1.54) is 5.06 Å². The number of hydrogen-bond acceptors (Lipinski definition) is 7. The van der Waals surface area contributed by atoms with Crippen molar-refractivity contribution in [2.75, 3.05) is 13.2 Å². The number of hydrogen-bond donors (Lipinski definition) is 1. The maximum atomic E-state index is 12.3. The molecule has 0 aliphatic carbocycles. The van der Waals surface area contributed by atoms with Gasteiger partial charge in [0.25, 0.3) is 0 Å². The van der Waals surface area contributed by atoms with Crippen molar-refractivity contribution in [3.05, 3.63) is 35.9 Å². The van der Waals surface area contributed by atoms with Crippen LogP contribution >= 0.6 is 0 Å². The summed E-state index contributed by atoms with van der Waals surface area (Å²) >= 11 is 0. The van der Waals surface area contributed by atoms with Crippen LogP contribution in [-0.4, -0.2) is 53.6 Å². The molecule has 0 saturated carbocycles. The van der Waals surface area contributed by atoms with Crippen LogP contribution in [0, 0.1) is 5.92 Å². The van der Waals surface area contributed by atoms with Crippen LogP contribution in [0.2, 0.25) is 0 Å². The number of hydroxylamine groups is 2. The highest BCUT2D eigenvalue weighted by Crippen LogP contribution is 2.38. The van der Waals surface area contributed by atoms with Crippen LogP contribution in [-0.2, 0) is 30.4 Å². The van der Waals surface area contributed by atoms with Gasteiger partial charge in [-0.1, -0.05) is 30.3 Å². The van der Waals surface area contributed by atoms with E-state index in [-0.39, 0.29) is 13.2 Å². The number of ether oxygens (including phenoxy) is 2. The van der Waals surface area contributed by atoms with E-state index in [9.17, 15) is 14.7 Å². The first-order valence-corrected chi connectivity index (χ1v) is 7.61. The number of esters is 2. The van der Waals surface area contributed by atoms with Gasteiger partial charge in [0.2, 0.25) is 0 Å². The highest BCUT2D eigenvalue weighted by molar-refractivity contribution is 5.87. The van der Waals surface area contributed by atoms with Gasteiger partial charge in [-0.15, -0.1) is 0 Å². The molecule has 0 aromatic heterocycles. The van der Waals surface area contributed by atoms with Gasteiger partial charge in [-0.3, -0.25) is 14.4 Å². The number of aliphatic hydroxyl groups excluding tert-OH is 1. The van der Waals surface area contributed by atoms with E-state index >= 15 is 0 Å². The third-order valence-corrected chi connectivity index (χ3v) is 4.06. The van der Waals surface area contributed by atoms with Crippen molar-refractivity contribution in [1.29, 1.82) is 0 Å². The van der Waals surface area contributed by atoms with E-state index < -0.39 is 36.1 Å². The van der Waals surface area contributed by atoms with Crippen LogP contribution < -0.4 is 0 Å². The highest BCUT2D eigenvalue weighted by atomic mass is 16.7. The zero-order chi connectivity index (χ0) is 16.4. The minimum atomic E-state index is -0.871. The van der Waals surface area contributed by atoms with Gasteiger partial charge in [-0.05, 0) is 12.5 Å². The Morgan fingerprint density at radius 1 is 1.35 bits per heavy atom. The topological polar surface area (TPSA) is 85.3 Å². The molecule has 1 aromatic carbocycles. The van der Waals surface area contributed by atoms with Gasteiger partial charge in [0.1, 0.15) is 18.1 Å². The predicted octanol–water partition coefficient (Wildman–Crippen LogP) is 0.268. The van der Waals surface area contributed by atoms with E-state index in [2.05, 4.69) is 0 Å². The maximum absolute atomic E-state index is 12.3. The molecule has 7 nitrogen and oxygen atoms in total. The molecule has 2 aliphatic heterocycles. The largest absolute Gasteiger partial charge is 0.465 e. The second-order valence-corrected chi connectivity index (χ2v) is 5.51. The fourth-order valence-electron chi connectivity index (χ4n) is 3.04. The molecule has 0 amide bonds. The Kier molecular flexibility index (Phi) is 4.61. The maximum Gasteiger partial charge on any atom is 0.326 e. The number of aliphatic hydroxyl groups is 1. The van der Waals surface area contributed by atoms with Crippen LogP contribution in [0.25, 0.3) is 0 Å². The van der Waals surface area contributed by atoms with E-state index in [4.69, 9.17) is 14.3 Å². The number of cyclic esters (lactones) is 1. The van der Waals surface area contributed by atoms with Crippen LogP contribution in [0.4, 0.5) is 0 Å². The van der Waals surface area contributed by atoms with Crippen molar-refractivity contribution >= 4 is 11.9 Å². The first-order chi connectivity index (χ1) is 11.2. The average molecular weight is 321 g/mol. The summed E-state index contributed by atoms with van der Waals surface area (Å²) in [6, 6.07) is 8.60. The second kappa shape index (κ2) is 6.66. The monoisotopic (exact) mass is 321 g/mol. The van der Waals surface area contributed by atoms with Crippen LogP contribution in [0.5, 0.6) is 0 Å². The Labute approximate surface area is 133 Å². The smallest absolute Gasteiger partial charge is 0.326 e. The standard InChI is InChI=1S/C16H19NO6/c1-2-21-16(20)13-12-14(11(9-18)22-15(12)19)23-17(13)8-10-6-4-3-5-7-10/h3-7,11-14,18H,2,8-9H2,1H3/t11-,12-,13-,14-/m1/s1. The lowest BCUT2D eigenvalue weighted by Crippen LogP contribution is -2.42. The molecule has 3 rings (SSSR count). The lowest BCUT2D eigenvalue weighted by atomic mass is 9.94. The molecule has 2 fully saturated rings. The molecule has 0 radical (unpaired) electrons. The van der Waals surface area contributed by atoms with Gasteiger partial charge in [0, 0.05) is 0 Å². The molecule has 124 valence electrons. The quantitative estimate of drug-likeness (QED) is 0.779. The molecule has 1 aromatic rings. The van der Waals surface area contributed by atoms with Crippen molar-refractivity contribution in [2.24, 2.45) is 5.92 Å². The molecule has 0 bridgehead atoms. The molecule has 0 spiro atoms. The lowest BCUT2D eigenvalue weighted by molar-refractivity contribution is -0.204. The fourth-order valence-corrected chi connectivity index (χ4v) is 3.04. The molecule has 2 heterocycles. The first kappa shape index (κ1) is 15.9. The van der Waals surface area contributed by atoms with Crippen molar-refractivity contribution in [3.8, 4) is 0 Å². The Morgan fingerprint density at radius 3 is 2.74 bits per heavy atom. The summed E-state index contributed by atoms with van der Waals surface area (Å²) in [6.07, 6.45) is -1.43. The van der Waals surface area contributed by atoms with E-state index in [0.717, 1.165) is 5.56 Å². The van der Waals surface area contributed by atoms with E-state index in [1.54, 1.807) is 6.92 Å². The molecular formula is C16H19NO6. The molecule has 1 N–H and O–H groups in total. The Balaban J connectivity index is 1.85. The third-order valence-electron chi connectivity index (χ3n) is 4.06. The van der Waals surface area contributed by atoms with E-state index in [1.807, 2.05) is 30.3 Å². The first-order valence-electron chi connectivity index (χ1n) is 7.61. The summed E-state index contributed by atoms with van der Waals surface area (Å²) in [4.78, 5) is 30.2. The number of carbonyl (C=O) groups is 2. The summed E-state index contributed by atoms with van der Waals surface area (Å²) in [6.45, 7) is 1.91. The van der Waals surface area contributed by atoms with Gasteiger partial charge in [0.05, 0.1) is 19.8 Å². The number of rotatable bonds is 5. The van der Waals surface area contributed by atoms with Crippen LogP contribution in [0.15, 0.2) is 30.3 Å². The average Bonchev–Trinajstić information content (AvgIpc) is 3.06. The number of benzene rings is 1. The minimum absolute atomic E-state index is 0.213. The lowest BCUT2D eigenvalue weighted by Gasteiger charge is -2.24. The molecule has 4 atom stereocenters. The van der Waals surface area contributed by atoms with Gasteiger partial charge in [0.15, 0.2) is 6.10 Å². The van der Waals surface area contributed by atoms with Crippen LogP contribution in [0.1, 0.15) is 12.5 Å². The molecular weight excluding hydrogens is 302 g/mol. The number of nitrogens with zero attached hydrogens (tertiary/aromatic N) is 1. The van der Waals surface area contributed by atoms with Gasteiger partial charge in [-0.25, -0.2) is 0 Å². The Hall–Kier alpha value is -1.96. The van der Waals surface area contributed by atoms with Gasteiger partial charge in [-0.2, -0.15) is 5.06 Å². The normalized spacial score (nSPS) is 30.1. The zero-order valence-electron chi connectivity index (χ0n) is 12.8. The fraction of sp³-hybridized carbons (Fsp3) is 0.500. The van der Waals surface area contributed by atoms with Crippen molar-refractivity contribution in [1.82, 2.24) is 5.06 Å². The summed E-state index contributed by atoms with van der Waals surface area (Å²) in [5.41, 5.74) is 0.940. The predicted molar refractivity (Wildman–Crippen MR) is 77.7 cm³/mol. The summed E-state index contributed by atoms with van der Waals surface area (Å²) in [5, 5.41) is 10.8. The molecule has 2 aliphatic rings. The molecule has 7 heteroatoms. The zero-order valence-corrected chi connectivity index (χ0v) is 12.8. The summed E-state index contributed by atoms with van der Waals surface area (Å²) < 4.78 is 10.2. The van der Waals surface area contributed by atoms with Crippen molar-refractivity contribution in [2.45, 2.75) is 31.7 Å². The minimum Gasteiger partial charge on any atom is -0.465 e. The van der Waals surface area contributed by atoms with Gasteiger partial charge >= 0.3 is 11.9 Å². The Morgan fingerprint density at radius 2 is 2.09 bits per heavy atom. The van der Waals surface area contributed by atoms with Gasteiger partial charge < -0.3 is 14.6 Å². The van der Waals surface area contributed by atoms with Crippen molar-refractivity contribution < 1.29 is 29.0 Å². The SMILES string of the molecule is CCOC(=O)[C@H]1[C@H]2C(=O)O[C@H](CO)[C@H]2ON1Cc1ccccc1. The number of carbonyl (C=O) groups excluding carboxylic acids is 2. The molecule has 2 saturated heterocycles. The molecule has 23 heavy (non-hydrogen) atoms. The summed E-state index contributed by atoms with van der Waals surface area (Å²) in [7, 11) is 0. The number of fused-ring (bicyclic) bond motifs is 1. The highest BCUT2D eigenvalue weighted by Gasteiger charge is 2.60. The third kappa shape index (κ3) is 2.95. The van der Waals surface area contributed by atoms with Crippen molar-refractivity contribution in [3.63, 3.8) is 0 Å². The van der Waals surface area contributed by atoms with Crippen LogP contribution in [0.3, 0.4) is 0 Å². The summed E-state index contributed by atoms with van der Waals surface area (Å²) in [5.74, 6) is -1.84.